The number of fused-ring (bicyclic) bond motifs is 2. The van der Waals surface area contributed by atoms with Crippen LogP contribution in [0.25, 0.3) is 33.4 Å². The van der Waals surface area contributed by atoms with Crippen LogP contribution in [0.15, 0.2) is 119 Å². The Morgan fingerprint density at radius 1 is 0.562 bits per heavy atom. The van der Waals surface area contributed by atoms with Gasteiger partial charge in [0, 0.05) is 35.6 Å². The number of carbonyl (C=O) groups is 2. The minimum atomic E-state index is -4.36. The van der Waals surface area contributed by atoms with E-state index in [1.807, 2.05) is 0 Å². The van der Waals surface area contributed by atoms with E-state index in [4.69, 9.17) is 10.3 Å². The Bertz CT molecular complexity index is 3380. The van der Waals surface area contributed by atoms with Crippen molar-refractivity contribution in [3.05, 3.63) is 155 Å². The Kier molecular flexibility index (Phi) is 12.3. The highest BCUT2D eigenvalue weighted by Crippen LogP contribution is 2.28. The molecule has 2 heterocycles. The third kappa shape index (κ3) is 9.89. The number of carbonyl (C=O) groups excluding carboxylic acids is 2. The normalized spacial score (nSPS) is 11.6. The van der Waals surface area contributed by atoms with Crippen LogP contribution in [0.3, 0.4) is 0 Å². The van der Waals surface area contributed by atoms with Crippen molar-refractivity contribution in [3.63, 3.8) is 0 Å². The van der Waals surface area contributed by atoms with Crippen molar-refractivity contribution in [1.29, 1.82) is 0 Å². The second-order valence-electron chi connectivity index (χ2n) is 13.6. The van der Waals surface area contributed by atoms with E-state index in [2.05, 4.69) is 31.1 Å². The van der Waals surface area contributed by atoms with Crippen molar-refractivity contribution in [1.82, 2.24) is 30.0 Å². The van der Waals surface area contributed by atoms with Crippen LogP contribution in [-0.2, 0) is 42.5 Å². The first-order valence-electron chi connectivity index (χ1n) is 18.1. The van der Waals surface area contributed by atoms with Gasteiger partial charge in [0.1, 0.15) is 60.8 Å². The summed E-state index contributed by atoms with van der Waals surface area (Å²) in [4.78, 5) is 24.4. The maximum Gasteiger partial charge on any atom is 0.240 e. The van der Waals surface area contributed by atoms with Gasteiger partial charge >= 0.3 is 0 Å². The van der Waals surface area contributed by atoms with Crippen LogP contribution < -0.4 is 20.9 Å². The average molecular weight is 923 g/mol. The number of hydrogen-bond acceptors (Lipinski definition) is 10. The first kappa shape index (κ1) is 44.5. The fourth-order valence-corrected chi connectivity index (χ4v) is 7.67. The van der Waals surface area contributed by atoms with Crippen LogP contribution in [-0.4, -0.2) is 58.6 Å². The van der Waals surface area contributed by atoms with Crippen molar-refractivity contribution in [2.45, 2.75) is 22.6 Å². The molecule has 0 aliphatic carbocycles. The number of hydrogen-bond donors (Lipinski definition) is 4. The molecule has 0 unspecified atom stereocenters. The van der Waals surface area contributed by atoms with Gasteiger partial charge in [0.25, 0.3) is 0 Å². The van der Waals surface area contributed by atoms with E-state index < -0.39 is 76.6 Å². The van der Waals surface area contributed by atoms with Gasteiger partial charge in [-0.25, -0.2) is 58.1 Å². The molecule has 8 rings (SSSR count). The lowest BCUT2D eigenvalue weighted by atomic mass is 10.1. The highest BCUT2D eigenvalue weighted by atomic mass is 32.2. The summed E-state index contributed by atoms with van der Waals surface area (Å²) in [6.45, 7) is 0. The smallest absolute Gasteiger partial charge is 0.240 e. The standard InChI is InChI=1S/2C20H14F3N5O3S/c21-12-8-15(23)20-16(9-12)26-28(27-20)17-6-5-13(10-18(17)32(24,30)31)25-19(29)7-11-3-1-2-4-14(11)22;21-12-8-15(23)20-17(9-12)28(27-26-20)16-6-5-13(10-18(16)32(24,30)31)25-19(29)7-11-3-1-2-4-14(11)22/h2*1-6,8-10H,7H2,(H,25,29)(H2,24,30,31). The van der Waals surface area contributed by atoms with Gasteiger partial charge in [-0.15, -0.1) is 20.1 Å². The summed E-state index contributed by atoms with van der Waals surface area (Å²) in [5, 5.41) is 30.6. The van der Waals surface area contributed by atoms with Gasteiger partial charge in [0.15, 0.2) is 11.6 Å². The number of halogens is 6. The topological polar surface area (TPSA) is 240 Å². The molecule has 0 fully saturated rings. The zero-order valence-corrected chi connectivity index (χ0v) is 33.8. The number of sulfonamides is 2. The Morgan fingerprint density at radius 2 is 1.05 bits per heavy atom. The van der Waals surface area contributed by atoms with Crippen LogP contribution in [0.2, 0.25) is 0 Å². The van der Waals surface area contributed by atoms with Crippen LogP contribution >= 0.6 is 0 Å². The van der Waals surface area contributed by atoms with Crippen molar-refractivity contribution >= 4 is 65.3 Å². The second-order valence-corrected chi connectivity index (χ2v) is 16.6. The Labute approximate surface area is 357 Å². The van der Waals surface area contributed by atoms with Crippen LogP contribution in [0.1, 0.15) is 11.1 Å². The van der Waals surface area contributed by atoms with Gasteiger partial charge in [0.05, 0.1) is 18.5 Å². The van der Waals surface area contributed by atoms with Gasteiger partial charge in [-0.05, 0) is 59.7 Å². The quantitative estimate of drug-likeness (QED) is 0.129. The summed E-state index contributed by atoms with van der Waals surface area (Å²) >= 11 is 0. The third-order valence-corrected chi connectivity index (χ3v) is 10.9. The van der Waals surface area contributed by atoms with Gasteiger partial charge in [-0.2, -0.15) is 0 Å². The molecule has 0 aliphatic rings. The van der Waals surface area contributed by atoms with Gasteiger partial charge in [0.2, 0.25) is 31.9 Å². The summed E-state index contributed by atoms with van der Waals surface area (Å²) in [5.74, 6) is -6.03. The molecule has 6 aromatic carbocycles. The molecule has 0 spiro atoms. The molecule has 0 radical (unpaired) electrons. The fraction of sp³-hybridized carbons (Fsp3) is 0.0500. The second kappa shape index (κ2) is 17.7. The van der Waals surface area contributed by atoms with E-state index in [0.29, 0.717) is 12.1 Å². The summed E-state index contributed by atoms with van der Waals surface area (Å²) in [5.41, 5.74) is -0.630. The number of primary sulfonamides is 2. The van der Waals surface area contributed by atoms with E-state index in [1.54, 1.807) is 12.1 Å². The predicted molar refractivity (Wildman–Crippen MR) is 218 cm³/mol. The van der Waals surface area contributed by atoms with Crippen LogP contribution in [0, 0.1) is 34.9 Å². The van der Waals surface area contributed by atoms with E-state index >= 15 is 0 Å². The first-order chi connectivity index (χ1) is 30.2. The molecule has 0 aliphatic heterocycles. The monoisotopic (exact) mass is 922 g/mol. The van der Waals surface area contributed by atoms with Crippen molar-refractivity contribution < 1.29 is 52.8 Å². The van der Waals surface area contributed by atoms with E-state index in [-0.39, 0.29) is 68.8 Å². The van der Waals surface area contributed by atoms with E-state index in [1.165, 1.54) is 60.7 Å². The zero-order chi connectivity index (χ0) is 46.1. The molecule has 2 aromatic heterocycles. The largest absolute Gasteiger partial charge is 0.326 e. The zero-order valence-electron chi connectivity index (χ0n) is 32.2. The number of nitrogens with two attached hydrogens (primary N) is 2. The van der Waals surface area contributed by atoms with Crippen LogP contribution in [0.5, 0.6) is 0 Å². The van der Waals surface area contributed by atoms with Crippen molar-refractivity contribution in [2.24, 2.45) is 10.3 Å². The number of anilines is 2. The number of nitrogens with zero attached hydrogens (tertiary/aromatic N) is 6. The molecule has 328 valence electrons. The molecule has 16 nitrogen and oxygen atoms in total. The summed E-state index contributed by atoms with van der Waals surface area (Å²) in [7, 11) is -8.70. The first-order valence-corrected chi connectivity index (χ1v) is 21.2. The molecule has 0 saturated heterocycles. The molecule has 0 atom stereocenters. The number of rotatable bonds is 10. The average Bonchev–Trinajstić information content (AvgIpc) is 3.84. The summed E-state index contributed by atoms with van der Waals surface area (Å²) in [6.07, 6.45) is -0.568. The molecule has 2 amide bonds. The van der Waals surface area contributed by atoms with Gasteiger partial charge in [-0.3, -0.25) is 9.59 Å². The molecule has 24 heteroatoms. The molecular weight excluding hydrogens is 895 g/mol. The minimum absolute atomic E-state index is 0.0564. The Hall–Kier alpha value is -7.54. The molecule has 0 saturated carbocycles. The summed E-state index contributed by atoms with van der Waals surface area (Å²) < 4.78 is 132. The maximum atomic E-state index is 14.0. The number of amides is 2. The lowest BCUT2D eigenvalue weighted by Gasteiger charge is -2.12. The molecule has 0 bridgehead atoms. The lowest BCUT2D eigenvalue weighted by Crippen LogP contribution is -2.19. The Morgan fingerprint density at radius 3 is 1.58 bits per heavy atom. The van der Waals surface area contributed by atoms with E-state index in [0.717, 1.165) is 33.7 Å². The third-order valence-electron chi connectivity index (χ3n) is 9.04. The number of nitrogens with one attached hydrogen (secondary N) is 2. The van der Waals surface area contributed by atoms with Crippen molar-refractivity contribution in [3.8, 4) is 11.4 Å². The molecule has 6 N–H and O–H groups in total. The summed E-state index contributed by atoms with van der Waals surface area (Å²) in [6, 6.07) is 21.9. The maximum absolute atomic E-state index is 14.0. The highest BCUT2D eigenvalue weighted by Gasteiger charge is 2.23. The van der Waals surface area contributed by atoms with E-state index in [9.17, 15) is 52.8 Å². The minimum Gasteiger partial charge on any atom is -0.326 e. The number of aromatic nitrogens is 6. The highest BCUT2D eigenvalue weighted by molar-refractivity contribution is 7.89. The van der Waals surface area contributed by atoms with Gasteiger partial charge < -0.3 is 10.6 Å². The molecular formula is C40H28F6N10O6S2. The molecule has 64 heavy (non-hydrogen) atoms. The van der Waals surface area contributed by atoms with Crippen LogP contribution in [0.4, 0.5) is 37.7 Å². The predicted octanol–water partition coefficient (Wildman–Crippen LogP) is 5.33. The fourth-order valence-electron chi connectivity index (χ4n) is 6.20. The SMILES string of the molecule is NS(=O)(=O)c1cc(NC(=O)Cc2ccccc2F)ccc1-n1nc2cc(F)cc(F)c2n1.NS(=O)(=O)c1cc(NC(=O)Cc2ccccc2F)ccc1-n1nnc2c(F)cc(F)cc21. The number of benzene rings is 6. The molecule has 8 aromatic rings. The Balaban J connectivity index is 0.000000191. The van der Waals surface area contributed by atoms with Gasteiger partial charge in [-0.1, -0.05) is 41.6 Å². The lowest BCUT2D eigenvalue weighted by molar-refractivity contribution is -0.116. The van der Waals surface area contributed by atoms with Crippen molar-refractivity contribution in [2.75, 3.05) is 10.6 Å².